The maximum absolute atomic E-state index is 12.8. The highest BCUT2D eigenvalue weighted by atomic mass is 35.5. The minimum atomic E-state index is -2.69. The van der Waals surface area contributed by atoms with Crippen LogP contribution in [-0.2, 0) is 13.6 Å². The van der Waals surface area contributed by atoms with E-state index in [4.69, 9.17) is 16.3 Å². The van der Waals surface area contributed by atoms with Crippen LogP contribution in [0.25, 0.3) is 11.0 Å². The summed E-state index contributed by atoms with van der Waals surface area (Å²) in [5.41, 5.74) is 2.30. The van der Waals surface area contributed by atoms with Crippen LogP contribution in [0, 0.1) is 0 Å². The minimum Gasteiger partial charge on any atom is -0.496 e. The molecule has 1 heterocycles. The number of benzene rings is 2. The molecule has 3 rings (SSSR count). The molecule has 5 nitrogen and oxygen atoms in total. The van der Waals surface area contributed by atoms with E-state index in [-0.39, 0.29) is 22.7 Å². The van der Waals surface area contributed by atoms with Crippen LogP contribution in [0.3, 0.4) is 0 Å². The van der Waals surface area contributed by atoms with Gasteiger partial charge in [0.15, 0.2) is 0 Å². The molecule has 0 spiro atoms. The first-order chi connectivity index (χ1) is 12.4. The maximum atomic E-state index is 12.8. The molecule has 1 aromatic heterocycles. The normalized spacial score (nSPS) is 11.2. The lowest BCUT2D eigenvalue weighted by atomic mass is 10.1. The highest BCUT2D eigenvalue weighted by molar-refractivity contribution is 6.31. The molecule has 0 saturated carbocycles. The van der Waals surface area contributed by atoms with Gasteiger partial charge in [-0.1, -0.05) is 17.7 Å². The van der Waals surface area contributed by atoms with E-state index in [1.54, 1.807) is 19.5 Å². The third kappa shape index (κ3) is 3.35. The molecule has 26 heavy (non-hydrogen) atoms. The number of fused-ring (bicyclic) bond motifs is 1. The summed E-state index contributed by atoms with van der Waals surface area (Å²) in [5.74, 6) is 0.196. The molecular formula is C18H16ClF2N3O2. The third-order valence-electron chi connectivity index (χ3n) is 4.08. The van der Waals surface area contributed by atoms with Crippen molar-refractivity contribution >= 4 is 28.5 Å². The number of imidazole rings is 1. The number of methoxy groups -OCH3 is 1. The van der Waals surface area contributed by atoms with E-state index < -0.39 is 12.3 Å². The molecule has 8 heteroatoms. The molecule has 2 aromatic carbocycles. The van der Waals surface area contributed by atoms with Gasteiger partial charge in [0.1, 0.15) is 5.75 Å². The average molecular weight is 380 g/mol. The highest BCUT2D eigenvalue weighted by Crippen LogP contribution is 2.29. The van der Waals surface area contributed by atoms with Gasteiger partial charge in [-0.3, -0.25) is 4.79 Å². The van der Waals surface area contributed by atoms with Gasteiger partial charge in [0.2, 0.25) is 0 Å². The first kappa shape index (κ1) is 18.1. The zero-order chi connectivity index (χ0) is 18.8. The van der Waals surface area contributed by atoms with Gasteiger partial charge < -0.3 is 14.6 Å². The number of ether oxygens (including phenoxy) is 1. The number of aryl methyl sites for hydroxylation is 1. The van der Waals surface area contributed by atoms with Gasteiger partial charge in [-0.25, -0.2) is 13.8 Å². The Hall–Kier alpha value is -2.67. The van der Waals surface area contributed by atoms with E-state index in [1.165, 1.54) is 12.1 Å². The second-order valence-electron chi connectivity index (χ2n) is 5.69. The van der Waals surface area contributed by atoms with Crippen molar-refractivity contribution in [1.29, 1.82) is 0 Å². The highest BCUT2D eigenvalue weighted by Gasteiger charge is 2.16. The molecule has 0 saturated heterocycles. The summed E-state index contributed by atoms with van der Waals surface area (Å²) in [6.07, 6.45) is -1.01. The van der Waals surface area contributed by atoms with Gasteiger partial charge in [0.25, 0.3) is 12.3 Å². The Kier molecular flexibility index (Phi) is 5.08. The molecule has 3 aromatic rings. The van der Waals surface area contributed by atoms with E-state index in [1.807, 2.05) is 17.7 Å². The van der Waals surface area contributed by atoms with Crippen LogP contribution in [0.4, 0.5) is 8.78 Å². The summed E-state index contributed by atoms with van der Waals surface area (Å²) in [6, 6.07) is 7.34. The number of hydrogen-bond acceptors (Lipinski definition) is 3. The van der Waals surface area contributed by atoms with E-state index in [0.717, 1.165) is 22.7 Å². The van der Waals surface area contributed by atoms with E-state index in [0.29, 0.717) is 5.75 Å². The second-order valence-corrected chi connectivity index (χ2v) is 6.10. The molecule has 1 amide bonds. The molecule has 0 aliphatic heterocycles. The van der Waals surface area contributed by atoms with E-state index >= 15 is 0 Å². The second kappa shape index (κ2) is 7.29. The van der Waals surface area contributed by atoms with Crippen molar-refractivity contribution < 1.29 is 18.3 Å². The number of hydrogen-bond donors (Lipinski definition) is 1. The number of carbonyl (C=O) groups is 1. The quantitative estimate of drug-likeness (QED) is 0.726. The van der Waals surface area contributed by atoms with Gasteiger partial charge in [-0.2, -0.15) is 0 Å². The lowest BCUT2D eigenvalue weighted by molar-refractivity contribution is 0.0950. The van der Waals surface area contributed by atoms with Crippen LogP contribution in [0.1, 0.15) is 27.9 Å². The molecule has 0 fully saturated rings. The van der Waals surface area contributed by atoms with Crippen molar-refractivity contribution in [3.8, 4) is 5.75 Å². The minimum absolute atomic E-state index is 0.140. The number of rotatable bonds is 5. The molecule has 0 radical (unpaired) electrons. The molecule has 0 bridgehead atoms. The van der Waals surface area contributed by atoms with Crippen LogP contribution >= 0.6 is 11.6 Å². The predicted molar refractivity (Wildman–Crippen MR) is 94.8 cm³/mol. The number of alkyl halides is 2. The van der Waals surface area contributed by atoms with Crippen LogP contribution < -0.4 is 10.1 Å². The molecule has 0 unspecified atom stereocenters. The van der Waals surface area contributed by atoms with Gasteiger partial charge in [-0.15, -0.1) is 0 Å². The fraction of sp³-hybridized carbons (Fsp3) is 0.222. The van der Waals surface area contributed by atoms with Crippen molar-refractivity contribution in [1.82, 2.24) is 14.9 Å². The molecule has 0 atom stereocenters. The summed E-state index contributed by atoms with van der Waals surface area (Å²) in [7, 11) is 3.40. The van der Waals surface area contributed by atoms with Crippen molar-refractivity contribution in [2.75, 3.05) is 7.11 Å². The summed E-state index contributed by atoms with van der Waals surface area (Å²) in [6.45, 7) is 0.188. The largest absolute Gasteiger partial charge is 0.496 e. The number of nitrogens with zero attached hydrogens (tertiary/aromatic N) is 2. The fourth-order valence-corrected chi connectivity index (χ4v) is 3.05. The molecule has 0 aliphatic rings. The Labute approximate surface area is 153 Å². The number of amides is 1. The summed E-state index contributed by atoms with van der Waals surface area (Å²) < 4.78 is 32.7. The number of halogens is 3. The SMILES string of the molecule is COc1ccc2ncn(C)c2c1CNC(=O)c1ccc(C(F)F)c(Cl)c1. The van der Waals surface area contributed by atoms with Gasteiger partial charge >= 0.3 is 0 Å². The zero-order valence-corrected chi connectivity index (χ0v) is 14.8. The summed E-state index contributed by atoms with van der Waals surface area (Å²) >= 11 is 5.83. The van der Waals surface area contributed by atoms with Gasteiger partial charge in [-0.05, 0) is 24.3 Å². The van der Waals surface area contributed by atoms with Crippen LogP contribution in [0.2, 0.25) is 5.02 Å². The van der Waals surface area contributed by atoms with E-state index in [9.17, 15) is 13.6 Å². The summed E-state index contributed by atoms with van der Waals surface area (Å²) in [5, 5.41) is 2.63. The Morgan fingerprint density at radius 1 is 1.35 bits per heavy atom. The molecule has 0 aliphatic carbocycles. The Morgan fingerprint density at radius 2 is 2.12 bits per heavy atom. The predicted octanol–water partition coefficient (Wildman–Crippen LogP) is 4.10. The number of carbonyl (C=O) groups excluding carboxylic acids is 1. The molecule has 1 N–H and O–H groups in total. The van der Waals surface area contributed by atoms with Crippen molar-refractivity contribution in [2.24, 2.45) is 7.05 Å². The Morgan fingerprint density at radius 3 is 2.77 bits per heavy atom. The van der Waals surface area contributed by atoms with Gasteiger partial charge in [0.05, 0.1) is 29.5 Å². The average Bonchev–Trinajstić information content (AvgIpc) is 3.00. The lowest BCUT2D eigenvalue weighted by Gasteiger charge is -2.13. The molecular weight excluding hydrogens is 364 g/mol. The molecule has 136 valence electrons. The van der Waals surface area contributed by atoms with E-state index in [2.05, 4.69) is 10.3 Å². The smallest absolute Gasteiger partial charge is 0.265 e. The maximum Gasteiger partial charge on any atom is 0.265 e. The third-order valence-corrected chi connectivity index (χ3v) is 4.41. The first-order valence-electron chi connectivity index (χ1n) is 7.75. The van der Waals surface area contributed by atoms with Crippen molar-refractivity contribution in [3.05, 3.63) is 58.4 Å². The van der Waals surface area contributed by atoms with Crippen molar-refractivity contribution in [2.45, 2.75) is 13.0 Å². The number of aromatic nitrogens is 2. The zero-order valence-electron chi connectivity index (χ0n) is 14.1. The monoisotopic (exact) mass is 379 g/mol. The Bertz CT molecular complexity index is 972. The van der Waals surface area contributed by atoms with Crippen LogP contribution in [-0.4, -0.2) is 22.6 Å². The topological polar surface area (TPSA) is 56.1 Å². The lowest BCUT2D eigenvalue weighted by Crippen LogP contribution is -2.23. The van der Waals surface area contributed by atoms with Gasteiger partial charge in [0, 0.05) is 30.3 Å². The first-order valence-corrected chi connectivity index (χ1v) is 8.13. The van der Waals surface area contributed by atoms with Crippen LogP contribution in [0.5, 0.6) is 5.75 Å². The fourth-order valence-electron chi connectivity index (χ4n) is 2.79. The van der Waals surface area contributed by atoms with Crippen LogP contribution in [0.15, 0.2) is 36.7 Å². The summed E-state index contributed by atoms with van der Waals surface area (Å²) in [4.78, 5) is 16.7. The number of nitrogens with one attached hydrogen (secondary N) is 1. The Balaban J connectivity index is 1.85. The van der Waals surface area contributed by atoms with Crippen molar-refractivity contribution in [3.63, 3.8) is 0 Å². The standard InChI is InChI=1S/C18H16ClF2N3O2/c1-24-9-23-14-5-6-15(26-2)12(16(14)24)8-22-18(25)10-3-4-11(17(20)21)13(19)7-10/h3-7,9,17H,8H2,1-2H3,(H,22,25).